The van der Waals surface area contributed by atoms with Gasteiger partial charge in [-0.05, 0) is 0 Å². The molecule has 3 aromatic carbocycles. The van der Waals surface area contributed by atoms with Crippen molar-refractivity contribution in [1.29, 1.82) is 0 Å². The number of halogens is 1. The molecule has 0 aromatic heterocycles. The van der Waals surface area contributed by atoms with Gasteiger partial charge in [0, 0.05) is 0 Å². The number of hydroxylamine groups is 2. The molecule has 0 radical (unpaired) electrons. The number of hydrogen-bond acceptors (Lipinski definition) is 2. The molecule has 1 aliphatic rings. The van der Waals surface area contributed by atoms with Crippen molar-refractivity contribution in [3.8, 4) is 0 Å². The van der Waals surface area contributed by atoms with E-state index in [-0.39, 0.29) is 6.04 Å². The number of benzene rings is 3. The van der Waals surface area contributed by atoms with Gasteiger partial charge in [-0.25, -0.2) is 0 Å². The molecule has 0 unspecified atom stereocenters. The van der Waals surface area contributed by atoms with Crippen molar-refractivity contribution in [3.05, 3.63) is 101 Å². The predicted octanol–water partition coefficient (Wildman–Crippen LogP) is 4.65. The van der Waals surface area contributed by atoms with Gasteiger partial charge in [-0.1, -0.05) is 0 Å². The van der Waals surface area contributed by atoms with E-state index in [1.807, 2.05) is 12.1 Å². The van der Waals surface area contributed by atoms with Crippen LogP contribution in [0.5, 0.6) is 0 Å². The first kappa shape index (κ1) is 17.8. The SMILES string of the molecule is Clc1ccc(CN2OC[C@@H]([Se]c3ccccc3)[C@@H]2c2ccccc2)cc1. The van der Waals surface area contributed by atoms with Crippen molar-refractivity contribution >= 4 is 31.0 Å². The summed E-state index contributed by atoms with van der Waals surface area (Å²) in [5.74, 6) is 0. The Labute approximate surface area is 165 Å². The summed E-state index contributed by atoms with van der Waals surface area (Å²) in [6.07, 6.45) is 0. The molecule has 0 N–H and O–H groups in total. The molecule has 132 valence electrons. The van der Waals surface area contributed by atoms with Gasteiger partial charge < -0.3 is 0 Å². The average Bonchev–Trinajstić information content (AvgIpc) is 3.07. The van der Waals surface area contributed by atoms with Crippen molar-refractivity contribution < 1.29 is 4.84 Å². The first-order valence-electron chi connectivity index (χ1n) is 8.70. The third-order valence-corrected chi connectivity index (χ3v) is 7.35. The van der Waals surface area contributed by atoms with Gasteiger partial charge in [-0.3, -0.25) is 0 Å². The zero-order valence-corrected chi connectivity index (χ0v) is 16.8. The van der Waals surface area contributed by atoms with Gasteiger partial charge in [0.15, 0.2) is 0 Å². The Kier molecular flexibility index (Phi) is 5.74. The van der Waals surface area contributed by atoms with Crippen LogP contribution < -0.4 is 4.46 Å². The first-order valence-corrected chi connectivity index (χ1v) is 10.9. The van der Waals surface area contributed by atoms with Crippen molar-refractivity contribution in [2.24, 2.45) is 0 Å². The molecule has 0 bridgehead atoms. The van der Waals surface area contributed by atoms with Crippen LogP contribution in [0, 0.1) is 0 Å². The fraction of sp³-hybridized carbons (Fsp3) is 0.182. The Morgan fingerprint density at radius 2 is 1.54 bits per heavy atom. The molecule has 26 heavy (non-hydrogen) atoms. The summed E-state index contributed by atoms with van der Waals surface area (Å²) < 4.78 is 1.42. The molecule has 1 heterocycles. The maximum absolute atomic E-state index is 6.15. The van der Waals surface area contributed by atoms with Crippen LogP contribution in [-0.2, 0) is 11.4 Å². The molecule has 2 nitrogen and oxygen atoms in total. The third kappa shape index (κ3) is 4.20. The molecule has 0 spiro atoms. The van der Waals surface area contributed by atoms with Crippen LogP contribution in [0.25, 0.3) is 0 Å². The summed E-state index contributed by atoms with van der Waals surface area (Å²) in [5, 5.41) is 2.91. The van der Waals surface area contributed by atoms with Gasteiger partial charge in [-0.2, -0.15) is 0 Å². The molecular weight excluding hydrogens is 409 g/mol. The standard InChI is InChI=1S/C22H20ClNOSe/c23-19-13-11-17(12-14-19)15-24-22(18-7-3-1-4-8-18)21(16-25-24)26-20-9-5-2-6-10-20/h1-14,21-22H,15-16H2/t21-,22+/m1/s1. The summed E-state index contributed by atoms with van der Waals surface area (Å²) >= 11 is 6.38. The molecule has 4 heteroatoms. The second kappa shape index (κ2) is 8.39. The van der Waals surface area contributed by atoms with Crippen molar-refractivity contribution in [3.63, 3.8) is 0 Å². The minimum atomic E-state index is 0.270. The molecule has 2 atom stereocenters. The van der Waals surface area contributed by atoms with Gasteiger partial charge in [0.25, 0.3) is 0 Å². The van der Waals surface area contributed by atoms with Crippen molar-refractivity contribution in [2.75, 3.05) is 6.61 Å². The van der Waals surface area contributed by atoms with E-state index < -0.39 is 0 Å². The molecule has 0 aliphatic carbocycles. The van der Waals surface area contributed by atoms with Crippen LogP contribution >= 0.6 is 11.6 Å². The van der Waals surface area contributed by atoms with Crippen LogP contribution in [0.2, 0.25) is 9.84 Å². The van der Waals surface area contributed by atoms with E-state index in [1.54, 1.807) is 0 Å². The normalized spacial score (nSPS) is 20.3. The molecule has 1 aliphatic heterocycles. The molecule has 3 aromatic rings. The monoisotopic (exact) mass is 429 g/mol. The second-order valence-electron chi connectivity index (χ2n) is 6.32. The van der Waals surface area contributed by atoms with Crippen molar-refractivity contribution in [1.82, 2.24) is 5.06 Å². The number of rotatable bonds is 5. The first-order chi connectivity index (χ1) is 12.8. The number of hydrogen-bond donors (Lipinski definition) is 0. The van der Waals surface area contributed by atoms with Crippen molar-refractivity contribution in [2.45, 2.75) is 17.4 Å². The van der Waals surface area contributed by atoms with Gasteiger partial charge >= 0.3 is 166 Å². The zero-order chi connectivity index (χ0) is 17.8. The van der Waals surface area contributed by atoms with Crippen LogP contribution in [0.15, 0.2) is 84.9 Å². The maximum atomic E-state index is 6.15. The van der Waals surface area contributed by atoms with E-state index >= 15 is 0 Å². The predicted molar refractivity (Wildman–Crippen MR) is 108 cm³/mol. The molecule has 1 fully saturated rings. The molecule has 0 amide bonds. The molecular formula is C22H20ClNOSe. The minimum absolute atomic E-state index is 0.270. The van der Waals surface area contributed by atoms with E-state index in [1.165, 1.54) is 15.6 Å². The molecule has 4 rings (SSSR count). The topological polar surface area (TPSA) is 12.5 Å². The number of nitrogens with zero attached hydrogens (tertiary/aromatic N) is 1. The Morgan fingerprint density at radius 1 is 0.885 bits per heavy atom. The van der Waals surface area contributed by atoms with Gasteiger partial charge in [0.1, 0.15) is 0 Å². The molecule has 1 saturated heterocycles. The summed E-state index contributed by atoms with van der Waals surface area (Å²) in [6, 6.07) is 29.8. The Hall–Kier alpha value is -1.61. The van der Waals surface area contributed by atoms with E-state index in [0.717, 1.165) is 18.2 Å². The summed E-state index contributed by atoms with van der Waals surface area (Å²) in [5.41, 5.74) is 2.53. The van der Waals surface area contributed by atoms with Crippen LogP contribution in [-0.4, -0.2) is 26.6 Å². The van der Waals surface area contributed by atoms with Gasteiger partial charge in [0.2, 0.25) is 0 Å². The summed E-state index contributed by atoms with van der Waals surface area (Å²) in [7, 11) is 0. The van der Waals surface area contributed by atoms with Gasteiger partial charge in [-0.15, -0.1) is 0 Å². The van der Waals surface area contributed by atoms with E-state index in [9.17, 15) is 0 Å². The van der Waals surface area contributed by atoms with Crippen LogP contribution in [0.1, 0.15) is 17.2 Å². The third-order valence-electron chi connectivity index (χ3n) is 4.49. The second-order valence-corrected chi connectivity index (χ2v) is 9.51. The fourth-order valence-electron chi connectivity index (χ4n) is 3.24. The quantitative estimate of drug-likeness (QED) is 0.549. The Bertz CT molecular complexity index is 826. The van der Waals surface area contributed by atoms with E-state index in [2.05, 4.69) is 77.9 Å². The Balaban J connectivity index is 1.58. The van der Waals surface area contributed by atoms with Crippen LogP contribution in [0.4, 0.5) is 0 Å². The zero-order valence-electron chi connectivity index (χ0n) is 14.3. The van der Waals surface area contributed by atoms with E-state index in [0.29, 0.717) is 19.8 Å². The fourth-order valence-corrected chi connectivity index (χ4v) is 5.92. The average molecular weight is 429 g/mol. The summed E-state index contributed by atoms with van der Waals surface area (Å²) in [6.45, 7) is 1.53. The van der Waals surface area contributed by atoms with Crippen LogP contribution in [0.3, 0.4) is 0 Å². The summed E-state index contributed by atoms with van der Waals surface area (Å²) in [4.78, 5) is 6.64. The van der Waals surface area contributed by atoms with E-state index in [4.69, 9.17) is 16.4 Å². The Morgan fingerprint density at radius 3 is 2.23 bits per heavy atom. The molecule has 0 saturated carbocycles. The van der Waals surface area contributed by atoms with Gasteiger partial charge in [0.05, 0.1) is 0 Å².